The van der Waals surface area contributed by atoms with Gasteiger partial charge in [0.2, 0.25) is 5.91 Å². The summed E-state index contributed by atoms with van der Waals surface area (Å²) in [6.07, 6.45) is 2.83. The van der Waals surface area contributed by atoms with Gasteiger partial charge >= 0.3 is 5.97 Å². The summed E-state index contributed by atoms with van der Waals surface area (Å²) in [5.41, 5.74) is 0.707. The number of anilines is 1. The Morgan fingerprint density at radius 3 is 2.50 bits per heavy atom. The molecule has 0 heterocycles. The molecule has 2 rings (SSSR count). The molecule has 0 atom stereocenters. The summed E-state index contributed by atoms with van der Waals surface area (Å²) >= 11 is 0. The van der Waals surface area contributed by atoms with Gasteiger partial charge in [-0.05, 0) is 36.4 Å². The molecule has 2 N–H and O–H groups in total. The minimum atomic E-state index is -0.699. The number of nitrogens with one attached hydrogen (secondary N) is 1. The lowest BCUT2D eigenvalue weighted by molar-refractivity contribution is -0.111. The highest BCUT2D eigenvalue weighted by molar-refractivity contribution is 6.04. The van der Waals surface area contributed by atoms with Crippen molar-refractivity contribution in [1.82, 2.24) is 0 Å². The third-order valence-electron chi connectivity index (χ3n) is 3.55. The number of phenols is 1. The number of amides is 1. The van der Waals surface area contributed by atoms with Gasteiger partial charge in [-0.25, -0.2) is 4.79 Å². The molecule has 7 nitrogen and oxygen atoms in total. The average molecular weight is 357 g/mol. The number of rotatable bonds is 6. The van der Waals surface area contributed by atoms with Gasteiger partial charge in [0.05, 0.1) is 27.0 Å². The van der Waals surface area contributed by atoms with Crippen molar-refractivity contribution >= 4 is 23.6 Å². The summed E-state index contributed by atoms with van der Waals surface area (Å²) in [5, 5.41) is 12.6. The number of hydrogen-bond donors (Lipinski definition) is 2. The van der Waals surface area contributed by atoms with Gasteiger partial charge in [-0.3, -0.25) is 4.79 Å². The Bertz CT molecular complexity index is 844. The lowest BCUT2D eigenvalue weighted by Crippen LogP contribution is -2.10. The number of para-hydroxylation sites is 1. The second-order valence-electron chi connectivity index (χ2n) is 5.12. The molecule has 0 bridgehead atoms. The van der Waals surface area contributed by atoms with Crippen molar-refractivity contribution in [3.05, 3.63) is 53.6 Å². The zero-order valence-corrected chi connectivity index (χ0v) is 14.6. The molecule has 0 aliphatic rings. The molecule has 2 aromatic carbocycles. The maximum Gasteiger partial charge on any atom is 0.341 e. The van der Waals surface area contributed by atoms with E-state index in [-0.39, 0.29) is 17.0 Å². The molecule has 7 heteroatoms. The van der Waals surface area contributed by atoms with Crippen LogP contribution in [0.3, 0.4) is 0 Å². The topological polar surface area (TPSA) is 94.1 Å². The van der Waals surface area contributed by atoms with Crippen LogP contribution in [0.2, 0.25) is 0 Å². The maximum absolute atomic E-state index is 12.1. The molecule has 0 saturated carbocycles. The number of hydrogen-bond acceptors (Lipinski definition) is 6. The molecule has 0 unspecified atom stereocenters. The molecule has 0 radical (unpaired) electrons. The Labute approximate surface area is 150 Å². The number of ether oxygens (including phenoxy) is 3. The van der Waals surface area contributed by atoms with Gasteiger partial charge in [0.1, 0.15) is 17.1 Å². The van der Waals surface area contributed by atoms with E-state index in [9.17, 15) is 14.7 Å². The highest BCUT2D eigenvalue weighted by atomic mass is 16.5. The normalized spacial score (nSPS) is 10.4. The molecule has 0 aliphatic heterocycles. The number of esters is 1. The van der Waals surface area contributed by atoms with Crippen LogP contribution in [0.25, 0.3) is 6.08 Å². The van der Waals surface area contributed by atoms with E-state index in [2.05, 4.69) is 10.1 Å². The van der Waals surface area contributed by atoms with Crippen LogP contribution in [0, 0.1) is 0 Å². The number of aromatic hydroxyl groups is 1. The Morgan fingerprint density at radius 1 is 1.08 bits per heavy atom. The maximum atomic E-state index is 12.1. The third kappa shape index (κ3) is 4.32. The molecule has 1 amide bonds. The van der Waals surface area contributed by atoms with E-state index in [0.717, 1.165) is 0 Å². The van der Waals surface area contributed by atoms with E-state index in [0.29, 0.717) is 17.1 Å². The SMILES string of the molecule is COC(=O)c1cccc(NC(=O)/C=C/c2cc(OC)ccc2OC)c1O. The van der Waals surface area contributed by atoms with E-state index in [4.69, 9.17) is 9.47 Å². The van der Waals surface area contributed by atoms with Crippen molar-refractivity contribution in [1.29, 1.82) is 0 Å². The number of carbonyl (C=O) groups excluding carboxylic acids is 2. The van der Waals surface area contributed by atoms with E-state index >= 15 is 0 Å². The van der Waals surface area contributed by atoms with Crippen LogP contribution in [0.5, 0.6) is 17.2 Å². The van der Waals surface area contributed by atoms with Gasteiger partial charge in [-0.15, -0.1) is 0 Å². The zero-order valence-electron chi connectivity index (χ0n) is 14.6. The van der Waals surface area contributed by atoms with E-state index in [1.165, 1.54) is 38.5 Å². The van der Waals surface area contributed by atoms with E-state index in [1.54, 1.807) is 31.4 Å². The summed E-state index contributed by atoms with van der Waals surface area (Å²) in [5.74, 6) is -0.359. The quantitative estimate of drug-likeness (QED) is 0.469. The molecule has 136 valence electrons. The first-order chi connectivity index (χ1) is 12.5. The Hall–Kier alpha value is -3.48. The van der Waals surface area contributed by atoms with Crippen molar-refractivity contribution in [2.24, 2.45) is 0 Å². The van der Waals surface area contributed by atoms with Crippen LogP contribution >= 0.6 is 0 Å². The Kier molecular flexibility index (Phi) is 6.21. The molecule has 0 saturated heterocycles. The monoisotopic (exact) mass is 357 g/mol. The fourth-order valence-electron chi connectivity index (χ4n) is 2.23. The largest absolute Gasteiger partial charge is 0.505 e. The summed E-state index contributed by atoms with van der Waals surface area (Å²) in [7, 11) is 4.27. The number of carbonyl (C=O) groups is 2. The van der Waals surface area contributed by atoms with Crippen molar-refractivity contribution in [3.8, 4) is 17.2 Å². The van der Waals surface area contributed by atoms with Crippen LogP contribution in [0.1, 0.15) is 15.9 Å². The summed E-state index contributed by atoms with van der Waals surface area (Å²) in [6.45, 7) is 0. The fourth-order valence-corrected chi connectivity index (χ4v) is 2.23. The van der Waals surface area contributed by atoms with Gasteiger partial charge in [0.25, 0.3) is 0 Å². The van der Waals surface area contributed by atoms with Crippen molar-refractivity contribution in [2.45, 2.75) is 0 Å². The molecular formula is C19H19NO6. The van der Waals surface area contributed by atoms with Gasteiger partial charge in [-0.2, -0.15) is 0 Å². The van der Waals surface area contributed by atoms with Gasteiger partial charge in [0.15, 0.2) is 5.75 Å². The molecule has 0 spiro atoms. The molecule has 0 aromatic heterocycles. The van der Waals surface area contributed by atoms with Crippen LogP contribution < -0.4 is 14.8 Å². The van der Waals surface area contributed by atoms with Crippen LogP contribution in [-0.4, -0.2) is 38.3 Å². The molecule has 26 heavy (non-hydrogen) atoms. The summed E-state index contributed by atoms with van der Waals surface area (Å²) < 4.78 is 15.0. The summed E-state index contributed by atoms with van der Waals surface area (Å²) in [6, 6.07) is 9.58. The second-order valence-corrected chi connectivity index (χ2v) is 5.12. The first-order valence-corrected chi connectivity index (χ1v) is 7.61. The number of benzene rings is 2. The van der Waals surface area contributed by atoms with E-state index in [1.807, 2.05) is 0 Å². The van der Waals surface area contributed by atoms with Crippen molar-refractivity contribution in [3.63, 3.8) is 0 Å². The molecular weight excluding hydrogens is 338 g/mol. The molecule has 0 fully saturated rings. The number of phenolic OH excluding ortho intramolecular Hbond substituents is 1. The lowest BCUT2D eigenvalue weighted by Gasteiger charge is -2.09. The lowest BCUT2D eigenvalue weighted by atomic mass is 10.1. The predicted octanol–water partition coefficient (Wildman–Crippen LogP) is 2.85. The smallest absolute Gasteiger partial charge is 0.341 e. The van der Waals surface area contributed by atoms with Gasteiger partial charge in [0, 0.05) is 11.6 Å². The predicted molar refractivity (Wildman–Crippen MR) is 96.7 cm³/mol. The number of methoxy groups -OCH3 is 3. The first kappa shape index (κ1) is 18.9. The summed E-state index contributed by atoms with van der Waals surface area (Å²) in [4.78, 5) is 23.7. The average Bonchev–Trinajstić information content (AvgIpc) is 2.67. The van der Waals surface area contributed by atoms with Crippen molar-refractivity contribution < 1.29 is 28.9 Å². The Morgan fingerprint density at radius 2 is 1.85 bits per heavy atom. The molecule has 2 aromatic rings. The van der Waals surface area contributed by atoms with Gasteiger partial charge < -0.3 is 24.6 Å². The Balaban J connectivity index is 2.19. The highest BCUT2D eigenvalue weighted by Gasteiger charge is 2.15. The first-order valence-electron chi connectivity index (χ1n) is 7.61. The molecule has 0 aliphatic carbocycles. The second kappa shape index (κ2) is 8.57. The van der Waals surface area contributed by atoms with Gasteiger partial charge in [-0.1, -0.05) is 6.07 Å². The minimum Gasteiger partial charge on any atom is -0.505 e. The van der Waals surface area contributed by atoms with Crippen LogP contribution in [-0.2, 0) is 9.53 Å². The minimum absolute atomic E-state index is 0.0382. The van der Waals surface area contributed by atoms with Crippen LogP contribution in [0.4, 0.5) is 5.69 Å². The fraction of sp³-hybridized carbons (Fsp3) is 0.158. The highest BCUT2D eigenvalue weighted by Crippen LogP contribution is 2.28. The van der Waals surface area contributed by atoms with E-state index < -0.39 is 11.9 Å². The third-order valence-corrected chi connectivity index (χ3v) is 3.55. The van der Waals surface area contributed by atoms with Crippen molar-refractivity contribution in [2.75, 3.05) is 26.6 Å². The standard InChI is InChI=1S/C19H19NO6/c1-24-13-8-9-16(25-2)12(11-13)7-10-17(21)20-15-6-4-5-14(18(15)22)19(23)26-3/h4-11,22H,1-3H3,(H,20,21)/b10-7+. The zero-order chi connectivity index (χ0) is 19.1. The van der Waals surface area contributed by atoms with Crippen LogP contribution in [0.15, 0.2) is 42.5 Å².